The SMILES string of the molecule is NC(C1=CCCCO1)c1cc2c(s1)CCSC2. The zero-order valence-electron chi connectivity index (χ0n) is 9.78. The Morgan fingerprint density at radius 1 is 1.41 bits per heavy atom. The molecule has 1 atom stereocenters. The molecule has 1 aromatic rings. The Morgan fingerprint density at radius 3 is 3.12 bits per heavy atom. The van der Waals surface area contributed by atoms with Crippen LogP contribution < -0.4 is 5.73 Å². The Labute approximate surface area is 110 Å². The summed E-state index contributed by atoms with van der Waals surface area (Å²) >= 11 is 3.90. The van der Waals surface area contributed by atoms with Crippen LogP contribution in [0.3, 0.4) is 0 Å². The van der Waals surface area contributed by atoms with E-state index < -0.39 is 0 Å². The first-order chi connectivity index (χ1) is 8.34. The maximum Gasteiger partial charge on any atom is 0.114 e. The van der Waals surface area contributed by atoms with Gasteiger partial charge in [0.1, 0.15) is 5.76 Å². The molecule has 2 aliphatic rings. The molecule has 4 heteroatoms. The van der Waals surface area contributed by atoms with Gasteiger partial charge in [-0.2, -0.15) is 11.8 Å². The van der Waals surface area contributed by atoms with E-state index in [-0.39, 0.29) is 6.04 Å². The second-order valence-corrected chi connectivity index (χ2v) is 6.75. The molecule has 0 saturated carbocycles. The molecule has 1 unspecified atom stereocenters. The minimum absolute atomic E-state index is 0.0455. The van der Waals surface area contributed by atoms with E-state index in [0.717, 1.165) is 31.0 Å². The molecular weight excluding hydrogens is 250 g/mol. The van der Waals surface area contributed by atoms with Crippen LogP contribution in [0.5, 0.6) is 0 Å². The van der Waals surface area contributed by atoms with E-state index in [1.165, 1.54) is 27.5 Å². The third-order valence-electron chi connectivity index (χ3n) is 3.22. The smallest absolute Gasteiger partial charge is 0.114 e. The molecule has 0 spiro atoms. The molecule has 2 aliphatic heterocycles. The molecule has 92 valence electrons. The van der Waals surface area contributed by atoms with E-state index in [4.69, 9.17) is 10.5 Å². The van der Waals surface area contributed by atoms with E-state index in [0.29, 0.717) is 0 Å². The molecule has 1 aromatic heterocycles. The summed E-state index contributed by atoms with van der Waals surface area (Å²) in [5.74, 6) is 3.38. The standard InChI is InChI=1S/C13H17NOS2/c14-13(10-3-1-2-5-15-10)12-7-9-8-16-6-4-11(9)17-12/h3,7,13H,1-2,4-6,8,14H2. The molecule has 17 heavy (non-hydrogen) atoms. The number of thioether (sulfide) groups is 1. The van der Waals surface area contributed by atoms with Crippen molar-refractivity contribution in [2.45, 2.75) is 31.1 Å². The second kappa shape index (κ2) is 5.04. The number of thiophene rings is 1. The first kappa shape index (κ1) is 11.6. The zero-order valence-corrected chi connectivity index (χ0v) is 11.4. The van der Waals surface area contributed by atoms with Crippen molar-refractivity contribution in [3.8, 4) is 0 Å². The number of allylic oxidation sites excluding steroid dienone is 1. The Hall–Kier alpha value is -0.450. The Bertz CT molecular complexity index is 415. The van der Waals surface area contributed by atoms with E-state index in [1.54, 1.807) is 0 Å². The van der Waals surface area contributed by atoms with Crippen molar-refractivity contribution in [2.24, 2.45) is 5.73 Å². The molecule has 3 rings (SSSR count). The maximum atomic E-state index is 6.29. The summed E-state index contributed by atoms with van der Waals surface area (Å²) in [6, 6.07) is 2.24. The first-order valence-corrected chi connectivity index (χ1v) is 8.09. The Balaban J connectivity index is 1.83. The minimum Gasteiger partial charge on any atom is -0.496 e. The van der Waals surface area contributed by atoms with Crippen molar-refractivity contribution in [3.63, 3.8) is 0 Å². The van der Waals surface area contributed by atoms with Gasteiger partial charge in [-0.1, -0.05) is 0 Å². The van der Waals surface area contributed by atoms with Gasteiger partial charge in [0.25, 0.3) is 0 Å². The lowest BCUT2D eigenvalue weighted by atomic mass is 10.1. The van der Waals surface area contributed by atoms with Crippen molar-refractivity contribution < 1.29 is 4.74 Å². The summed E-state index contributed by atoms with van der Waals surface area (Å²) in [6.45, 7) is 0.820. The third kappa shape index (κ3) is 2.39. The predicted molar refractivity (Wildman–Crippen MR) is 74.4 cm³/mol. The number of hydrogen-bond acceptors (Lipinski definition) is 4. The highest BCUT2D eigenvalue weighted by atomic mass is 32.2. The van der Waals surface area contributed by atoms with Crippen molar-refractivity contribution in [3.05, 3.63) is 33.2 Å². The molecule has 0 aromatic carbocycles. The van der Waals surface area contributed by atoms with E-state index in [9.17, 15) is 0 Å². The van der Waals surface area contributed by atoms with E-state index in [1.807, 2.05) is 23.1 Å². The number of aryl methyl sites for hydroxylation is 1. The molecule has 0 bridgehead atoms. The lowest BCUT2D eigenvalue weighted by Gasteiger charge is -2.19. The fraction of sp³-hybridized carbons (Fsp3) is 0.538. The average molecular weight is 267 g/mol. The molecule has 2 nitrogen and oxygen atoms in total. The molecule has 0 saturated heterocycles. The van der Waals surface area contributed by atoms with Crippen LogP contribution in [0.2, 0.25) is 0 Å². The van der Waals surface area contributed by atoms with E-state index in [2.05, 4.69) is 12.1 Å². The van der Waals surface area contributed by atoms with Crippen molar-refractivity contribution in [1.82, 2.24) is 0 Å². The van der Waals surface area contributed by atoms with Crippen LogP contribution in [0.1, 0.15) is 34.2 Å². The van der Waals surface area contributed by atoms with Crippen LogP contribution >= 0.6 is 23.1 Å². The Morgan fingerprint density at radius 2 is 2.35 bits per heavy atom. The van der Waals surface area contributed by atoms with Crippen molar-refractivity contribution in [1.29, 1.82) is 0 Å². The highest BCUT2D eigenvalue weighted by Gasteiger charge is 2.21. The van der Waals surface area contributed by atoms with Crippen LogP contribution in [0.15, 0.2) is 17.9 Å². The fourth-order valence-corrected chi connectivity index (χ4v) is 4.64. The third-order valence-corrected chi connectivity index (χ3v) is 5.55. The highest BCUT2D eigenvalue weighted by Crippen LogP contribution is 2.36. The molecule has 0 fully saturated rings. The van der Waals surface area contributed by atoms with Crippen LogP contribution in [-0.2, 0) is 16.9 Å². The molecule has 0 amide bonds. The van der Waals surface area contributed by atoms with Gasteiger partial charge in [-0.05, 0) is 42.7 Å². The molecule has 2 N–H and O–H groups in total. The van der Waals surface area contributed by atoms with Crippen LogP contribution in [0.25, 0.3) is 0 Å². The molecule has 0 aliphatic carbocycles. The van der Waals surface area contributed by atoms with Gasteiger partial charge in [-0.25, -0.2) is 0 Å². The van der Waals surface area contributed by atoms with Crippen molar-refractivity contribution >= 4 is 23.1 Å². The second-order valence-electron chi connectivity index (χ2n) is 4.47. The summed E-state index contributed by atoms with van der Waals surface area (Å²) in [5.41, 5.74) is 7.79. The Kier molecular flexibility index (Phi) is 3.45. The lowest BCUT2D eigenvalue weighted by Crippen LogP contribution is -2.16. The normalized spacial score (nSPS) is 21.4. The van der Waals surface area contributed by atoms with Crippen LogP contribution in [0.4, 0.5) is 0 Å². The molecular formula is C13H17NOS2. The lowest BCUT2D eigenvalue weighted by molar-refractivity contribution is 0.176. The van der Waals surface area contributed by atoms with Gasteiger partial charge in [0.2, 0.25) is 0 Å². The summed E-state index contributed by atoms with van der Waals surface area (Å²) in [4.78, 5) is 2.80. The minimum atomic E-state index is -0.0455. The summed E-state index contributed by atoms with van der Waals surface area (Å²) in [6.07, 6.45) is 5.58. The number of fused-ring (bicyclic) bond motifs is 1. The quantitative estimate of drug-likeness (QED) is 0.893. The first-order valence-electron chi connectivity index (χ1n) is 6.12. The summed E-state index contributed by atoms with van der Waals surface area (Å²) in [5, 5.41) is 0. The number of rotatable bonds is 2. The highest BCUT2D eigenvalue weighted by molar-refractivity contribution is 7.98. The van der Waals surface area contributed by atoms with Gasteiger partial charge < -0.3 is 10.5 Å². The van der Waals surface area contributed by atoms with Gasteiger partial charge in [0, 0.05) is 15.5 Å². The molecule has 0 radical (unpaired) electrons. The van der Waals surface area contributed by atoms with Crippen LogP contribution in [-0.4, -0.2) is 12.4 Å². The zero-order chi connectivity index (χ0) is 11.7. The van der Waals surface area contributed by atoms with Gasteiger partial charge in [0.15, 0.2) is 0 Å². The van der Waals surface area contributed by atoms with Gasteiger partial charge in [0.05, 0.1) is 12.6 Å². The van der Waals surface area contributed by atoms with Crippen LogP contribution in [0, 0.1) is 0 Å². The molecule has 3 heterocycles. The average Bonchev–Trinajstić information content (AvgIpc) is 2.82. The van der Waals surface area contributed by atoms with Gasteiger partial charge in [-0.15, -0.1) is 11.3 Å². The number of hydrogen-bond donors (Lipinski definition) is 1. The topological polar surface area (TPSA) is 35.2 Å². The maximum absolute atomic E-state index is 6.29. The fourth-order valence-electron chi connectivity index (χ4n) is 2.26. The van der Waals surface area contributed by atoms with E-state index >= 15 is 0 Å². The number of ether oxygens (including phenoxy) is 1. The largest absolute Gasteiger partial charge is 0.496 e. The number of nitrogens with two attached hydrogens (primary N) is 1. The van der Waals surface area contributed by atoms with Crippen molar-refractivity contribution in [2.75, 3.05) is 12.4 Å². The van der Waals surface area contributed by atoms with Gasteiger partial charge >= 0.3 is 0 Å². The predicted octanol–water partition coefficient (Wildman–Crippen LogP) is 3.23. The summed E-state index contributed by atoms with van der Waals surface area (Å²) in [7, 11) is 0. The van der Waals surface area contributed by atoms with Gasteiger partial charge in [-0.3, -0.25) is 0 Å². The summed E-state index contributed by atoms with van der Waals surface area (Å²) < 4.78 is 5.66. The monoisotopic (exact) mass is 267 g/mol.